The Labute approximate surface area is 130 Å². The van der Waals surface area contributed by atoms with Gasteiger partial charge >= 0.3 is 0 Å². The first-order valence-corrected chi connectivity index (χ1v) is 7.57. The summed E-state index contributed by atoms with van der Waals surface area (Å²) >= 11 is 8.74. The second-order valence-electron chi connectivity index (χ2n) is 4.52. The van der Waals surface area contributed by atoms with E-state index in [1.807, 2.05) is 24.3 Å². The monoisotopic (exact) mass is 355 g/mol. The van der Waals surface area contributed by atoms with Crippen molar-refractivity contribution in [3.63, 3.8) is 0 Å². The highest BCUT2D eigenvalue weighted by Crippen LogP contribution is 2.26. The third kappa shape index (κ3) is 3.01. The molecule has 2 heterocycles. The first-order valence-electron chi connectivity index (χ1n) is 6.37. The van der Waals surface area contributed by atoms with Crippen molar-refractivity contribution in [3.8, 4) is 11.5 Å². The Balaban J connectivity index is 1.84. The summed E-state index contributed by atoms with van der Waals surface area (Å²) in [6.07, 6.45) is 0. The fraction of sp³-hybridized carbons (Fsp3) is 0.385. The molecule has 0 aliphatic carbocycles. The molecule has 106 valence electrons. The van der Waals surface area contributed by atoms with Gasteiger partial charge in [0, 0.05) is 17.6 Å². The molecule has 0 amide bonds. The molecule has 1 aliphatic heterocycles. The Hall–Kier alpha value is -1.02. The predicted octanol–water partition coefficient (Wildman–Crippen LogP) is 2.92. The Bertz CT molecular complexity index is 649. The van der Waals surface area contributed by atoms with Crippen LogP contribution in [0.4, 0.5) is 0 Å². The maximum Gasteiger partial charge on any atom is 0.288 e. The molecule has 5 nitrogen and oxygen atoms in total. The molecule has 1 aromatic heterocycles. The first-order chi connectivity index (χ1) is 9.74. The molecule has 20 heavy (non-hydrogen) atoms. The van der Waals surface area contributed by atoms with Gasteiger partial charge in [0.1, 0.15) is 0 Å². The Kier molecular flexibility index (Phi) is 4.30. The number of aromatic nitrogens is 2. The molecule has 0 radical (unpaired) electrons. The lowest BCUT2D eigenvalue weighted by molar-refractivity contribution is 0.0206. The minimum Gasteiger partial charge on any atom is -0.409 e. The Morgan fingerprint density at radius 2 is 2.00 bits per heavy atom. The number of nitrogens with zero attached hydrogens (tertiary/aromatic N) is 3. The second kappa shape index (κ2) is 6.17. The van der Waals surface area contributed by atoms with Crippen molar-refractivity contribution in [2.24, 2.45) is 0 Å². The maximum atomic E-state index is 5.60. The summed E-state index contributed by atoms with van der Waals surface area (Å²) in [5, 5.41) is 4.47. The fourth-order valence-corrected chi connectivity index (χ4v) is 2.70. The minimum absolute atomic E-state index is 0.391. The lowest BCUT2D eigenvalue weighted by atomic mass is 10.2. The average molecular weight is 356 g/mol. The van der Waals surface area contributed by atoms with Crippen LogP contribution in [0.25, 0.3) is 11.5 Å². The maximum absolute atomic E-state index is 5.60. The molecule has 2 aromatic rings. The molecule has 0 bridgehead atoms. The van der Waals surface area contributed by atoms with Crippen molar-refractivity contribution in [1.82, 2.24) is 14.7 Å². The van der Waals surface area contributed by atoms with Gasteiger partial charge in [0.15, 0.2) is 0 Å². The van der Waals surface area contributed by atoms with Crippen LogP contribution >= 0.6 is 28.1 Å². The summed E-state index contributed by atoms with van der Waals surface area (Å²) in [6, 6.07) is 7.80. The van der Waals surface area contributed by atoms with Crippen LogP contribution in [0, 0.1) is 4.84 Å². The summed E-state index contributed by atoms with van der Waals surface area (Å²) < 4.78 is 13.6. The Morgan fingerprint density at radius 1 is 1.25 bits per heavy atom. The zero-order chi connectivity index (χ0) is 13.9. The van der Waals surface area contributed by atoms with E-state index in [-0.39, 0.29) is 0 Å². The zero-order valence-corrected chi connectivity index (χ0v) is 13.2. The standard InChI is InChI=1S/C13H14BrN3O2S/c14-11-4-2-1-3-10(11)12-15-17(13(20)19-12)9-16-5-7-18-8-6-16/h1-4H,5-9H2. The summed E-state index contributed by atoms with van der Waals surface area (Å²) in [4.78, 5) is 2.63. The van der Waals surface area contributed by atoms with E-state index in [2.05, 4.69) is 25.9 Å². The van der Waals surface area contributed by atoms with Gasteiger partial charge < -0.3 is 9.15 Å². The second-order valence-corrected chi connectivity index (χ2v) is 5.73. The molecule has 7 heteroatoms. The van der Waals surface area contributed by atoms with Crippen molar-refractivity contribution < 1.29 is 9.15 Å². The smallest absolute Gasteiger partial charge is 0.288 e. The molecule has 0 N–H and O–H groups in total. The number of morpholine rings is 1. The van der Waals surface area contributed by atoms with E-state index in [0.717, 1.165) is 36.3 Å². The molecule has 1 saturated heterocycles. The highest BCUT2D eigenvalue weighted by atomic mass is 79.9. The van der Waals surface area contributed by atoms with Crippen LogP contribution < -0.4 is 0 Å². The summed E-state index contributed by atoms with van der Waals surface area (Å²) in [5.74, 6) is 0.538. The van der Waals surface area contributed by atoms with Gasteiger partial charge in [0.05, 0.1) is 25.4 Å². The molecule has 1 aliphatic rings. The normalized spacial score (nSPS) is 16.4. The number of rotatable bonds is 3. The SMILES string of the molecule is S=c1oc(-c2ccccc2Br)nn1CN1CCOCC1. The van der Waals surface area contributed by atoms with Crippen LogP contribution in [0.3, 0.4) is 0 Å². The van der Waals surface area contributed by atoms with Gasteiger partial charge in [-0.3, -0.25) is 4.90 Å². The van der Waals surface area contributed by atoms with E-state index in [9.17, 15) is 0 Å². The van der Waals surface area contributed by atoms with Crippen LogP contribution in [0.1, 0.15) is 0 Å². The third-order valence-corrected chi connectivity index (χ3v) is 4.13. The van der Waals surface area contributed by atoms with Crippen LogP contribution in [0.15, 0.2) is 33.2 Å². The van der Waals surface area contributed by atoms with E-state index in [1.54, 1.807) is 4.68 Å². The molecule has 0 saturated carbocycles. The van der Waals surface area contributed by atoms with E-state index >= 15 is 0 Å². The number of hydrogen-bond acceptors (Lipinski definition) is 5. The van der Waals surface area contributed by atoms with E-state index in [0.29, 0.717) is 17.4 Å². The van der Waals surface area contributed by atoms with Crippen molar-refractivity contribution in [2.75, 3.05) is 26.3 Å². The van der Waals surface area contributed by atoms with Gasteiger partial charge in [-0.25, -0.2) is 4.68 Å². The molecule has 1 aromatic carbocycles. The molecule has 3 rings (SSSR count). The van der Waals surface area contributed by atoms with Gasteiger partial charge in [0.2, 0.25) is 5.89 Å². The number of ether oxygens (including phenoxy) is 1. The molecule has 0 spiro atoms. The highest BCUT2D eigenvalue weighted by molar-refractivity contribution is 9.10. The number of hydrogen-bond donors (Lipinski definition) is 0. The molecule has 0 atom stereocenters. The molecule has 0 unspecified atom stereocenters. The number of benzene rings is 1. The topological polar surface area (TPSA) is 43.4 Å². The molecule has 1 fully saturated rings. The quantitative estimate of drug-likeness (QED) is 0.792. The fourth-order valence-electron chi connectivity index (χ4n) is 2.07. The van der Waals surface area contributed by atoms with E-state index in [1.165, 1.54) is 0 Å². The van der Waals surface area contributed by atoms with Crippen molar-refractivity contribution >= 4 is 28.1 Å². The zero-order valence-electron chi connectivity index (χ0n) is 10.8. The van der Waals surface area contributed by atoms with Crippen molar-refractivity contribution in [2.45, 2.75) is 6.67 Å². The van der Waals surface area contributed by atoms with E-state index < -0.39 is 0 Å². The van der Waals surface area contributed by atoms with Crippen LogP contribution in [0.2, 0.25) is 0 Å². The first kappa shape index (κ1) is 13.9. The summed E-state index contributed by atoms with van der Waals surface area (Å²) in [6.45, 7) is 3.92. The number of halogens is 1. The van der Waals surface area contributed by atoms with E-state index in [4.69, 9.17) is 21.4 Å². The van der Waals surface area contributed by atoms with Crippen LogP contribution in [0.5, 0.6) is 0 Å². The van der Waals surface area contributed by atoms with Gasteiger partial charge in [-0.05, 0) is 40.3 Å². The summed E-state index contributed by atoms with van der Waals surface area (Å²) in [5.41, 5.74) is 0.902. The minimum atomic E-state index is 0.391. The summed E-state index contributed by atoms with van der Waals surface area (Å²) in [7, 11) is 0. The Morgan fingerprint density at radius 3 is 2.75 bits per heavy atom. The van der Waals surface area contributed by atoms with Gasteiger partial charge in [0.25, 0.3) is 4.84 Å². The largest absolute Gasteiger partial charge is 0.409 e. The van der Waals surface area contributed by atoms with Gasteiger partial charge in [-0.15, -0.1) is 5.10 Å². The lowest BCUT2D eigenvalue weighted by Crippen LogP contribution is -2.37. The van der Waals surface area contributed by atoms with Crippen LogP contribution in [-0.4, -0.2) is 41.0 Å². The highest BCUT2D eigenvalue weighted by Gasteiger charge is 2.15. The van der Waals surface area contributed by atoms with Gasteiger partial charge in [-0.2, -0.15) is 0 Å². The molecular weight excluding hydrogens is 342 g/mol. The van der Waals surface area contributed by atoms with Crippen LogP contribution in [-0.2, 0) is 11.4 Å². The van der Waals surface area contributed by atoms with Crippen molar-refractivity contribution in [3.05, 3.63) is 33.6 Å². The average Bonchev–Trinajstić information content (AvgIpc) is 2.81. The van der Waals surface area contributed by atoms with Gasteiger partial charge in [-0.1, -0.05) is 12.1 Å². The predicted molar refractivity (Wildman–Crippen MR) is 80.9 cm³/mol. The third-order valence-electron chi connectivity index (χ3n) is 3.15. The lowest BCUT2D eigenvalue weighted by Gasteiger charge is -2.25. The van der Waals surface area contributed by atoms with Crippen molar-refractivity contribution in [1.29, 1.82) is 0 Å². The molecular formula is C13H14BrN3O2S.